The summed E-state index contributed by atoms with van der Waals surface area (Å²) in [5.74, 6) is -1.82. The van der Waals surface area contributed by atoms with Crippen LogP contribution in [0.5, 0.6) is 0 Å². The first-order valence-corrected chi connectivity index (χ1v) is 10.9. The molecular weight excluding hydrogens is 452 g/mol. The quantitative estimate of drug-likeness (QED) is 0.455. The molecule has 1 fully saturated rings. The van der Waals surface area contributed by atoms with Crippen LogP contribution < -0.4 is 5.32 Å². The first-order chi connectivity index (χ1) is 15.9. The number of carboxylic acids is 1. The number of nitrogens with zero attached hydrogens (tertiary/aromatic N) is 1. The predicted molar refractivity (Wildman–Crippen MR) is 118 cm³/mol. The van der Waals surface area contributed by atoms with Crippen molar-refractivity contribution in [1.82, 2.24) is 9.88 Å². The van der Waals surface area contributed by atoms with Gasteiger partial charge in [0.15, 0.2) is 0 Å². The number of halogens is 4. The maximum absolute atomic E-state index is 14.5. The normalized spacial score (nSPS) is 20.6. The Labute approximate surface area is 193 Å². The molecule has 0 bridgehead atoms. The van der Waals surface area contributed by atoms with E-state index < -0.39 is 35.0 Å². The second-order valence-electron chi connectivity index (χ2n) is 9.22. The summed E-state index contributed by atoms with van der Waals surface area (Å²) in [6, 6.07) is 8.83. The predicted octanol–water partition coefficient (Wildman–Crippen LogP) is 5.61. The zero-order valence-electron chi connectivity index (χ0n) is 18.5. The van der Waals surface area contributed by atoms with Crippen LogP contribution in [0.3, 0.4) is 0 Å². The van der Waals surface area contributed by atoms with Gasteiger partial charge < -0.3 is 15.0 Å². The second kappa shape index (κ2) is 8.77. The van der Waals surface area contributed by atoms with Crippen molar-refractivity contribution >= 4 is 22.8 Å². The summed E-state index contributed by atoms with van der Waals surface area (Å²) >= 11 is 0. The van der Waals surface area contributed by atoms with Gasteiger partial charge in [0.05, 0.1) is 16.6 Å². The fourth-order valence-corrected chi connectivity index (χ4v) is 4.84. The molecule has 1 aromatic heterocycles. The molecule has 0 saturated heterocycles. The van der Waals surface area contributed by atoms with Crippen molar-refractivity contribution in [1.29, 1.82) is 0 Å². The Hall–Kier alpha value is -3.36. The van der Waals surface area contributed by atoms with Gasteiger partial charge in [-0.25, -0.2) is 4.39 Å². The molecule has 0 spiro atoms. The van der Waals surface area contributed by atoms with Gasteiger partial charge in [0, 0.05) is 30.1 Å². The molecule has 2 aromatic carbocycles. The van der Waals surface area contributed by atoms with E-state index in [0.29, 0.717) is 30.3 Å². The smallest absolute Gasteiger partial charge is 0.416 e. The van der Waals surface area contributed by atoms with Crippen LogP contribution in [-0.2, 0) is 17.5 Å². The van der Waals surface area contributed by atoms with Gasteiger partial charge in [-0.05, 0) is 68.0 Å². The van der Waals surface area contributed by atoms with Crippen molar-refractivity contribution in [3.63, 3.8) is 0 Å². The van der Waals surface area contributed by atoms with Crippen molar-refractivity contribution in [2.75, 3.05) is 0 Å². The molecule has 9 heteroatoms. The lowest BCUT2D eigenvalue weighted by molar-refractivity contribution is -0.138. The SMILES string of the molecule is CC1(NC(=O)c2ccc(F)c3ccn(Cc4ccc(C(F)(F)F)cc4)c23)CC[C@@H](CC(=O)O)C1. The summed E-state index contributed by atoms with van der Waals surface area (Å²) in [6.45, 7) is 2.03. The molecule has 1 saturated carbocycles. The minimum Gasteiger partial charge on any atom is -0.481 e. The van der Waals surface area contributed by atoms with Crippen LogP contribution in [0.2, 0.25) is 0 Å². The Morgan fingerprint density at radius 3 is 2.50 bits per heavy atom. The van der Waals surface area contributed by atoms with Gasteiger partial charge in [0.1, 0.15) is 5.82 Å². The summed E-state index contributed by atoms with van der Waals surface area (Å²) in [7, 11) is 0. The highest BCUT2D eigenvalue weighted by atomic mass is 19.4. The molecule has 0 aliphatic heterocycles. The number of aliphatic carboxylic acids is 1. The largest absolute Gasteiger partial charge is 0.481 e. The van der Waals surface area contributed by atoms with Gasteiger partial charge in [0.25, 0.3) is 5.91 Å². The third kappa shape index (κ3) is 4.93. The lowest BCUT2D eigenvalue weighted by atomic mass is 9.96. The van der Waals surface area contributed by atoms with Gasteiger partial charge in [-0.3, -0.25) is 9.59 Å². The molecule has 3 aromatic rings. The molecule has 2 N–H and O–H groups in total. The zero-order chi connectivity index (χ0) is 24.7. The number of hydrogen-bond acceptors (Lipinski definition) is 2. The Kier molecular flexibility index (Phi) is 6.14. The number of benzene rings is 2. The molecule has 4 rings (SSSR count). The van der Waals surface area contributed by atoms with Gasteiger partial charge in [-0.1, -0.05) is 12.1 Å². The third-order valence-corrected chi connectivity index (χ3v) is 6.47. The summed E-state index contributed by atoms with van der Waals surface area (Å²) in [4.78, 5) is 24.3. The van der Waals surface area contributed by atoms with Crippen LogP contribution in [0.1, 0.15) is 54.1 Å². The number of carbonyl (C=O) groups is 2. The lowest BCUT2D eigenvalue weighted by Crippen LogP contribution is -2.44. The monoisotopic (exact) mass is 476 g/mol. The molecule has 2 atom stereocenters. The highest BCUT2D eigenvalue weighted by Crippen LogP contribution is 2.37. The van der Waals surface area contributed by atoms with Crippen molar-refractivity contribution in [2.24, 2.45) is 5.92 Å². The van der Waals surface area contributed by atoms with Crippen LogP contribution in [0.4, 0.5) is 17.6 Å². The standard InChI is InChI=1S/C25H24F4N2O3/c1-24(10-8-16(13-24)12-21(32)33)30-23(34)19-6-7-20(26)18-9-11-31(22(18)19)14-15-2-4-17(5-3-15)25(27,28)29/h2-7,9,11,16H,8,10,12-14H2,1H3,(H,30,34)(H,32,33)/t16-,24?/m0/s1. The van der Waals surface area contributed by atoms with E-state index in [1.807, 2.05) is 6.92 Å². The van der Waals surface area contributed by atoms with Crippen LogP contribution >= 0.6 is 0 Å². The molecule has 1 aliphatic rings. The molecule has 1 amide bonds. The van der Waals surface area contributed by atoms with Crippen LogP contribution in [0, 0.1) is 11.7 Å². The summed E-state index contributed by atoms with van der Waals surface area (Å²) in [5.41, 5.74) is -0.175. The Bertz CT molecular complexity index is 1230. The van der Waals surface area contributed by atoms with Crippen LogP contribution in [0.25, 0.3) is 10.9 Å². The maximum Gasteiger partial charge on any atom is 0.416 e. The second-order valence-corrected chi connectivity index (χ2v) is 9.22. The Balaban J connectivity index is 1.60. The maximum atomic E-state index is 14.5. The van der Waals surface area contributed by atoms with Crippen molar-refractivity contribution in [2.45, 2.75) is 50.9 Å². The summed E-state index contributed by atoms with van der Waals surface area (Å²) in [6.07, 6.45) is -0.945. The fourth-order valence-electron chi connectivity index (χ4n) is 4.84. The van der Waals surface area contributed by atoms with Crippen molar-refractivity contribution in [3.8, 4) is 0 Å². The van der Waals surface area contributed by atoms with E-state index in [9.17, 15) is 27.2 Å². The van der Waals surface area contributed by atoms with Gasteiger partial charge in [0.2, 0.25) is 0 Å². The molecule has 34 heavy (non-hydrogen) atoms. The first-order valence-electron chi connectivity index (χ1n) is 10.9. The molecule has 0 radical (unpaired) electrons. The van der Waals surface area contributed by atoms with Gasteiger partial charge in [-0.2, -0.15) is 13.2 Å². The number of hydrogen-bond donors (Lipinski definition) is 2. The number of fused-ring (bicyclic) bond motifs is 1. The van der Waals surface area contributed by atoms with Crippen molar-refractivity contribution in [3.05, 3.63) is 71.2 Å². The number of aromatic nitrogens is 1. The van der Waals surface area contributed by atoms with E-state index in [-0.39, 0.29) is 29.8 Å². The highest BCUT2D eigenvalue weighted by Gasteiger charge is 2.37. The van der Waals surface area contributed by atoms with Crippen LogP contribution in [0.15, 0.2) is 48.7 Å². The Morgan fingerprint density at radius 1 is 1.15 bits per heavy atom. The van der Waals surface area contributed by atoms with E-state index in [4.69, 9.17) is 5.11 Å². The van der Waals surface area contributed by atoms with E-state index >= 15 is 0 Å². The van der Waals surface area contributed by atoms with E-state index in [0.717, 1.165) is 12.1 Å². The minimum absolute atomic E-state index is 0.0282. The lowest BCUT2D eigenvalue weighted by Gasteiger charge is -2.26. The van der Waals surface area contributed by atoms with E-state index in [1.165, 1.54) is 30.3 Å². The van der Waals surface area contributed by atoms with Gasteiger partial charge in [-0.15, -0.1) is 0 Å². The number of amides is 1. The molecule has 180 valence electrons. The highest BCUT2D eigenvalue weighted by molar-refractivity contribution is 6.06. The molecule has 1 heterocycles. The number of carboxylic acid groups (broad SMARTS) is 1. The van der Waals surface area contributed by atoms with E-state index in [2.05, 4.69) is 5.32 Å². The minimum atomic E-state index is -4.44. The van der Waals surface area contributed by atoms with Crippen molar-refractivity contribution < 1.29 is 32.3 Å². The third-order valence-electron chi connectivity index (χ3n) is 6.47. The topological polar surface area (TPSA) is 71.3 Å². The summed E-state index contributed by atoms with van der Waals surface area (Å²) in [5, 5.41) is 12.3. The van der Waals surface area contributed by atoms with Gasteiger partial charge >= 0.3 is 12.1 Å². The number of carbonyl (C=O) groups excluding carboxylic acids is 1. The molecular formula is C25H24F4N2O3. The summed E-state index contributed by atoms with van der Waals surface area (Å²) < 4.78 is 54.7. The Morgan fingerprint density at radius 2 is 1.85 bits per heavy atom. The first kappa shape index (κ1) is 23.8. The fraction of sp³-hybridized carbons (Fsp3) is 0.360. The average molecular weight is 476 g/mol. The molecule has 5 nitrogen and oxygen atoms in total. The molecule has 1 unspecified atom stereocenters. The van der Waals surface area contributed by atoms with Crippen LogP contribution in [-0.4, -0.2) is 27.1 Å². The molecule has 1 aliphatic carbocycles. The number of rotatable bonds is 6. The number of alkyl halides is 3. The zero-order valence-corrected chi connectivity index (χ0v) is 18.5. The average Bonchev–Trinajstić information content (AvgIpc) is 3.32. The number of nitrogens with one attached hydrogen (secondary N) is 1. The van der Waals surface area contributed by atoms with E-state index in [1.54, 1.807) is 10.8 Å².